The Morgan fingerprint density at radius 1 is 1.48 bits per heavy atom. The van der Waals surface area contributed by atoms with Gasteiger partial charge in [-0.25, -0.2) is 4.79 Å². The minimum atomic E-state index is -1.85. The first-order valence-corrected chi connectivity index (χ1v) is 7.12. The summed E-state index contributed by atoms with van der Waals surface area (Å²) in [5.41, 5.74) is -1.85. The Morgan fingerprint density at radius 2 is 2.09 bits per heavy atom. The molecule has 1 fully saturated rings. The van der Waals surface area contributed by atoms with E-state index in [-0.39, 0.29) is 12.8 Å². The minimum absolute atomic E-state index is 0.148. The van der Waals surface area contributed by atoms with Gasteiger partial charge in [-0.2, -0.15) is 0 Å². The minimum Gasteiger partial charge on any atom is -0.479 e. The first-order chi connectivity index (χ1) is 10.7. The zero-order valence-corrected chi connectivity index (χ0v) is 12.8. The van der Waals surface area contributed by atoms with Gasteiger partial charge in [-0.1, -0.05) is 6.08 Å². The Balaban J connectivity index is 3.19. The fraction of sp³-hybridized carbons (Fsp3) is 0.714. The van der Waals surface area contributed by atoms with E-state index < -0.39 is 54.5 Å². The summed E-state index contributed by atoms with van der Waals surface area (Å²) < 4.78 is 5.48. The van der Waals surface area contributed by atoms with Crippen LogP contribution in [0.4, 0.5) is 0 Å². The Bertz CT molecular complexity index is 456. The molecule has 1 heterocycles. The smallest absolute Gasteiger partial charge is 0.336 e. The Morgan fingerprint density at radius 3 is 2.52 bits per heavy atom. The lowest BCUT2D eigenvalue weighted by Gasteiger charge is -2.46. The average molecular weight is 333 g/mol. The number of carboxylic acid groups (broad SMARTS) is 1. The molecule has 6 N–H and O–H groups in total. The molecule has 1 aliphatic heterocycles. The van der Waals surface area contributed by atoms with Crippen molar-refractivity contribution in [1.29, 1.82) is 0 Å². The number of aliphatic hydroxyl groups is 4. The quantitative estimate of drug-likeness (QED) is 0.285. The average Bonchev–Trinajstić information content (AvgIpc) is 2.47. The van der Waals surface area contributed by atoms with E-state index in [1.807, 2.05) is 0 Å². The van der Waals surface area contributed by atoms with Crippen molar-refractivity contribution in [3.63, 3.8) is 0 Å². The Labute approximate surface area is 133 Å². The highest BCUT2D eigenvalue weighted by atomic mass is 16.6. The van der Waals surface area contributed by atoms with Gasteiger partial charge in [0.1, 0.15) is 18.3 Å². The van der Waals surface area contributed by atoms with Crippen molar-refractivity contribution in [3.8, 4) is 0 Å². The number of ether oxygens (including phenoxy) is 1. The fourth-order valence-corrected chi connectivity index (χ4v) is 2.68. The van der Waals surface area contributed by atoms with Crippen LogP contribution in [-0.4, -0.2) is 80.1 Å². The topological polar surface area (TPSA) is 157 Å². The standard InChI is InChI=1S/C14H23NO8/c1-3-4-14(13(21)22)5-8(18)10(15-7(2)17)12(23-14)11(20)9(19)6-16/h3,8-12,16,18-20H,1,4-6H2,2H3,(H,15,17)(H,21,22)/t8-,9-,10+,11+,12+,14-/m1/s1. The highest BCUT2D eigenvalue weighted by Gasteiger charge is 2.53. The van der Waals surface area contributed by atoms with Crippen LogP contribution in [0.1, 0.15) is 19.8 Å². The molecule has 0 bridgehead atoms. The van der Waals surface area contributed by atoms with Gasteiger partial charge >= 0.3 is 5.97 Å². The predicted molar refractivity (Wildman–Crippen MR) is 77.4 cm³/mol. The molecule has 0 aliphatic carbocycles. The molecule has 9 nitrogen and oxygen atoms in total. The van der Waals surface area contributed by atoms with Crippen LogP contribution in [0.2, 0.25) is 0 Å². The molecule has 0 radical (unpaired) electrons. The molecule has 0 aromatic rings. The third-order valence-corrected chi connectivity index (χ3v) is 3.82. The van der Waals surface area contributed by atoms with E-state index >= 15 is 0 Å². The summed E-state index contributed by atoms with van der Waals surface area (Å²) in [5, 5.41) is 50.8. The number of hydrogen-bond donors (Lipinski definition) is 6. The third-order valence-electron chi connectivity index (χ3n) is 3.82. The molecule has 1 amide bonds. The van der Waals surface area contributed by atoms with Crippen molar-refractivity contribution in [1.82, 2.24) is 5.32 Å². The summed E-state index contributed by atoms with van der Waals surface area (Å²) in [6.07, 6.45) is -5.30. The lowest BCUT2D eigenvalue weighted by atomic mass is 9.82. The first kappa shape index (κ1) is 19.5. The molecule has 1 rings (SSSR count). The second-order valence-electron chi connectivity index (χ2n) is 5.61. The highest BCUT2D eigenvalue weighted by molar-refractivity contribution is 5.78. The van der Waals surface area contributed by atoms with Gasteiger partial charge in [-0.15, -0.1) is 6.58 Å². The molecule has 0 unspecified atom stereocenters. The van der Waals surface area contributed by atoms with E-state index in [1.54, 1.807) is 0 Å². The zero-order chi connectivity index (χ0) is 17.8. The van der Waals surface area contributed by atoms with Crippen LogP contribution in [-0.2, 0) is 14.3 Å². The number of carboxylic acids is 1. The van der Waals surface area contributed by atoms with E-state index in [0.717, 1.165) is 0 Å². The summed E-state index contributed by atoms with van der Waals surface area (Å²) in [5.74, 6) is -1.90. The maximum atomic E-state index is 11.6. The second kappa shape index (κ2) is 7.84. The molecule has 6 atom stereocenters. The number of nitrogens with one attached hydrogen (secondary N) is 1. The first-order valence-electron chi connectivity index (χ1n) is 7.12. The van der Waals surface area contributed by atoms with Crippen molar-refractivity contribution in [3.05, 3.63) is 12.7 Å². The van der Waals surface area contributed by atoms with Gasteiger partial charge in [-0.3, -0.25) is 4.79 Å². The maximum Gasteiger partial charge on any atom is 0.336 e. The van der Waals surface area contributed by atoms with Gasteiger partial charge in [0, 0.05) is 19.8 Å². The summed E-state index contributed by atoms with van der Waals surface area (Å²) >= 11 is 0. The van der Waals surface area contributed by atoms with Crippen LogP contribution in [0.3, 0.4) is 0 Å². The molecule has 23 heavy (non-hydrogen) atoms. The van der Waals surface area contributed by atoms with Crippen LogP contribution in [0.5, 0.6) is 0 Å². The van der Waals surface area contributed by atoms with Crippen molar-refractivity contribution in [2.24, 2.45) is 0 Å². The van der Waals surface area contributed by atoms with Crippen molar-refractivity contribution in [2.45, 2.75) is 55.8 Å². The van der Waals surface area contributed by atoms with Gasteiger partial charge in [0.25, 0.3) is 0 Å². The second-order valence-corrected chi connectivity index (χ2v) is 5.61. The molecular formula is C14H23NO8. The number of carbonyl (C=O) groups excluding carboxylic acids is 1. The summed E-state index contributed by atoms with van der Waals surface area (Å²) in [4.78, 5) is 22.9. The number of aliphatic hydroxyl groups excluding tert-OH is 4. The lowest BCUT2D eigenvalue weighted by Crippen LogP contribution is -2.67. The van der Waals surface area contributed by atoms with E-state index in [2.05, 4.69) is 11.9 Å². The number of amides is 1. The summed E-state index contributed by atoms with van der Waals surface area (Å²) in [7, 11) is 0. The highest BCUT2D eigenvalue weighted by Crippen LogP contribution is 2.35. The van der Waals surface area contributed by atoms with Crippen molar-refractivity contribution >= 4 is 11.9 Å². The van der Waals surface area contributed by atoms with E-state index in [0.29, 0.717) is 0 Å². The van der Waals surface area contributed by atoms with Crippen LogP contribution >= 0.6 is 0 Å². The van der Waals surface area contributed by atoms with Crippen LogP contribution < -0.4 is 5.32 Å². The third kappa shape index (κ3) is 4.27. The normalized spacial score (nSPS) is 33.5. The Kier molecular flexibility index (Phi) is 6.66. The maximum absolute atomic E-state index is 11.6. The number of hydrogen-bond acceptors (Lipinski definition) is 7. The van der Waals surface area contributed by atoms with Gasteiger partial charge < -0.3 is 35.6 Å². The van der Waals surface area contributed by atoms with Gasteiger partial charge in [0.15, 0.2) is 5.60 Å². The van der Waals surface area contributed by atoms with Crippen LogP contribution in [0, 0.1) is 0 Å². The van der Waals surface area contributed by atoms with Crippen LogP contribution in [0.25, 0.3) is 0 Å². The zero-order valence-electron chi connectivity index (χ0n) is 12.8. The molecule has 9 heteroatoms. The lowest BCUT2D eigenvalue weighted by molar-refractivity contribution is -0.228. The molecule has 0 aromatic carbocycles. The molecule has 1 saturated heterocycles. The predicted octanol–water partition coefficient (Wildman–Crippen LogP) is -2.25. The molecule has 1 aliphatic rings. The summed E-state index contributed by atoms with van der Waals surface area (Å²) in [6, 6.07) is -1.14. The van der Waals surface area contributed by atoms with Crippen molar-refractivity contribution in [2.75, 3.05) is 6.61 Å². The fourth-order valence-electron chi connectivity index (χ4n) is 2.68. The SMILES string of the molecule is C=CC[C@]1(C(=O)O)C[C@@H](O)[C@H](NC(C)=O)[C@@H]([C@@H](O)[C@H](O)CO)O1. The van der Waals surface area contributed by atoms with Gasteiger partial charge in [0.2, 0.25) is 5.91 Å². The number of aliphatic carboxylic acids is 1. The largest absolute Gasteiger partial charge is 0.479 e. The molecule has 0 spiro atoms. The van der Waals surface area contributed by atoms with E-state index in [4.69, 9.17) is 9.84 Å². The van der Waals surface area contributed by atoms with Crippen molar-refractivity contribution < 1.29 is 39.9 Å². The molecule has 132 valence electrons. The Hall–Kier alpha value is -1.52. The molecule has 0 saturated carbocycles. The van der Waals surface area contributed by atoms with E-state index in [9.17, 15) is 30.0 Å². The van der Waals surface area contributed by atoms with Crippen LogP contribution in [0.15, 0.2) is 12.7 Å². The number of rotatable bonds is 7. The van der Waals surface area contributed by atoms with Gasteiger partial charge in [0.05, 0.1) is 18.8 Å². The molecular weight excluding hydrogens is 310 g/mol. The number of carbonyl (C=O) groups is 2. The van der Waals surface area contributed by atoms with E-state index in [1.165, 1.54) is 13.0 Å². The monoisotopic (exact) mass is 333 g/mol. The summed E-state index contributed by atoms with van der Waals surface area (Å²) in [6.45, 7) is 3.83. The molecule has 0 aromatic heterocycles. The van der Waals surface area contributed by atoms with Gasteiger partial charge in [-0.05, 0) is 0 Å².